The Kier molecular flexibility index (Phi) is 4.42. The Labute approximate surface area is 117 Å². The van der Waals surface area contributed by atoms with E-state index in [1.807, 2.05) is 31.2 Å². The van der Waals surface area contributed by atoms with Crippen molar-refractivity contribution in [3.05, 3.63) is 53.5 Å². The fourth-order valence-electron chi connectivity index (χ4n) is 1.78. The van der Waals surface area contributed by atoms with Crippen LogP contribution in [0.3, 0.4) is 0 Å². The lowest BCUT2D eigenvalue weighted by Gasteiger charge is -2.07. The fraction of sp³-hybridized carbons (Fsp3) is 0.267. The Morgan fingerprint density at radius 2 is 2.00 bits per heavy atom. The Morgan fingerprint density at radius 3 is 2.70 bits per heavy atom. The van der Waals surface area contributed by atoms with E-state index in [0.29, 0.717) is 18.1 Å². The second-order valence-electron chi connectivity index (χ2n) is 4.57. The van der Waals surface area contributed by atoms with Gasteiger partial charge in [0.25, 0.3) is 0 Å². The molecule has 2 aromatic rings. The van der Waals surface area contributed by atoms with Crippen molar-refractivity contribution in [3.8, 4) is 5.75 Å². The van der Waals surface area contributed by atoms with E-state index in [1.165, 1.54) is 0 Å². The molecule has 1 atom stereocenters. The molecular formula is C15H17NO4. The maximum atomic E-state index is 10.7. The number of hydrogen-bond donors (Lipinski definition) is 2. The summed E-state index contributed by atoms with van der Waals surface area (Å²) in [7, 11) is 0. The molecule has 2 rings (SSSR count). The molecule has 1 aromatic heterocycles. The van der Waals surface area contributed by atoms with Gasteiger partial charge in [0.15, 0.2) is 0 Å². The topological polar surface area (TPSA) is 85.7 Å². The maximum Gasteiger partial charge on any atom is 0.320 e. The van der Waals surface area contributed by atoms with Gasteiger partial charge in [-0.15, -0.1) is 0 Å². The molecule has 1 unspecified atom stereocenters. The Morgan fingerprint density at radius 1 is 1.30 bits per heavy atom. The third-order valence-electron chi connectivity index (χ3n) is 2.92. The van der Waals surface area contributed by atoms with Gasteiger partial charge < -0.3 is 20.0 Å². The van der Waals surface area contributed by atoms with Gasteiger partial charge in [0, 0.05) is 6.42 Å². The average Bonchev–Trinajstić information content (AvgIpc) is 2.85. The molecule has 20 heavy (non-hydrogen) atoms. The Balaban J connectivity index is 1.93. The second kappa shape index (κ2) is 6.25. The van der Waals surface area contributed by atoms with Crippen molar-refractivity contribution in [3.63, 3.8) is 0 Å². The summed E-state index contributed by atoms with van der Waals surface area (Å²) in [6.45, 7) is 2.27. The summed E-state index contributed by atoms with van der Waals surface area (Å²) in [5.74, 6) is 0.941. The number of carboxylic acid groups (broad SMARTS) is 1. The van der Waals surface area contributed by atoms with Gasteiger partial charge in [0.05, 0.1) is 0 Å². The SMILES string of the molecule is Cc1ccccc1OCc1ccc(CC(N)C(=O)O)o1. The van der Waals surface area contributed by atoms with Crippen LogP contribution in [0.1, 0.15) is 17.1 Å². The lowest BCUT2D eigenvalue weighted by atomic mass is 10.2. The van der Waals surface area contributed by atoms with Crippen LogP contribution in [-0.2, 0) is 17.8 Å². The first-order chi connectivity index (χ1) is 9.56. The number of benzene rings is 1. The van der Waals surface area contributed by atoms with E-state index in [1.54, 1.807) is 12.1 Å². The van der Waals surface area contributed by atoms with Crippen molar-refractivity contribution < 1.29 is 19.1 Å². The molecule has 1 aromatic carbocycles. The monoisotopic (exact) mass is 275 g/mol. The average molecular weight is 275 g/mol. The predicted molar refractivity (Wildman–Crippen MR) is 73.5 cm³/mol. The van der Waals surface area contributed by atoms with Gasteiger partial charge in [-0.3, -0.25) is 4.79 Å². The van der Waals surface area contributed by atoms with Crippen molar-refractivity contribution in [1.29, 1.82) is 0 Å². The van der Waals surface area contributed by atoms with Crippen LogP contribution in [0, 0.1) is 6.92 Å². The summed E-state index contributed by atoms with van der Waals surface area (Å²) in [5, 5.41) is 8.74. The van der Waals surface area contributed by atoms with Crippen LogP contribution in [0.2, 0.25) is 0 Å². The molecule has 0 radical (unpaired) electrons. The van der Waals surface area contributed by atoms with E-state index in [-0.39, 0.29) is 6.42 Å². The molecule has 0 amide bonds. The zero-order valence-electron chi connectivity index (χ0n) is 11.2. The minimum Gasteiger partial charge on any atom is -0.485 e. The van der Waals surface area contributed by atoms with Crippen molar-refractivity contribution in [2.75, 3.05) is 0 Å². The zero-order valence-corrected chi connectivity index (χ0v) is 11.2. The first kappa shape index (κ1) is 14.1. The van der Waals surface area contributed by atoms with Crippen molar-refractivity contribution >= 4 is 5.97 Å². The largest absolute Gasteiger partial charge is 0.485 e. The summed E-state index contributed by atoms with van der Waals surface area (Å²) in [4.78, 5) is 10.7. The first-order valence-corrected chi connectivity index (χ1v) is 6.30. The van der Waals surface area contributed by atoms with Crippen LogP contribution in [0.15, 0.2) is 40.8 Å². The summed E-state index contributed by atoms with van der Waals surface area (Å²) < 4.78 is 11.1. The molecule has 0 saturated carbocycles. The molecule has 106 valence electrons. The first-order valence-electron chi connectivity index (χ1n) is 6.30. The van der Waals surface area contributed by atoms with Crippen LogP contribution in [0.25, 0.3) is 0 Å². The molecule has 0 aliphatic heterocycles. The highest BCUT2D eigenvalue weighted by molar-refractivity contribution is 5.73. The molecule has 0 bridgehead atoms. The molecule has 0 saturated heterocycles. The fourth-order valence-corrected chi connectivity index (χ4v) is 1.78. The summed E-state index contributed by atoms with van der Waals surface area (Å²) in [6.07, 6.45) is 0.166. The third kappa shape index (κ3) is 3.61. The van der Waals surface area contributed by atoms with E-state index in [0.717, 1.165) is 11.3 Å². The number of carboxylic acids is 1. The Bertz CT molecular complexity index is 591. The summed E-state index contributed by atoms with van der Waals surface area (Å²) in [6, 6.07) is 10.2. The van der Waals surface area contributed by atoms with E-state index in [2.05, 4.69) is 0 Å². The molecule has 0 aliphatic carbocycles. The van der Waals surface area contributed by atoms with Gasteiger partial charge in [-0.25, -0.2) is 0 Å². The minimum absolute atomic E-state index is 0.166. The third-order valence-corrected chi connectivity index (χ3v) is 2.92. The molecule has 1 heterocycles. The number of nitrogens with two attached hydrogens (primary N) is 1. The van der Waals surface area contributed by atoms with Crippen LogP contribution < -0.4 is 10.5 Å². The van der Waals surface area contributed by atoms with Gasteiger partial charge in [0.1, 0.15) is 29.9 Å². The van der Waals surface area contributed by atoms with Gasteiger partial charge >= 0.3 is 5.97 Å². The summed E-state index contributed by atoms with van der Waals surface area (Å²) >= 11 is 0. The number of ether oxygens (including phenoxy) is 1. The lowest BCUT2D eigenvalue weighted by molar-refractivity contribution is -0.138. The van der Waals surface area contributed by atoms with Gasteiger partial charge in [0.2, 0.25) is 0 Å². The summed E-state index contributed by atoms with van der Waals surface area (Å²) in [5.41, 5.74) is 6.50. The zero-order chi connectivity index (χ0) is 14.5. The van der Waals surface area contributed by atoms with E-state index >= 15 is 0 Å². The highest BCUT2D eigenvalue weighted by Gasteiger charge is 2.14. The van der Waals surface area contributed by atoms with Gasteiger partial charge in [-0.2, -0.15) is 0 Å². The lowest BCUT2D eigenvalue weighted by Crippen LogP contribution is -2.32. The number of aryl methyl sites for hydroxylation is 1. The Hall–Kier alpha value is -2.27. The van der Waals surface area contributed by atoms with Crippen LogP contribution >= 0.6 is 0 Å². The molecule has 0 spiro atoms. The second-order valence-corrected chi connectivity index (χ2v) is 4.57. The van der Waals surface area contributed by atoms with Gasteiger partial charge in [-0.05, 0) is 30.7 Å². The molecule has 0 aliphatic rings. The van der Waals surface area contributed by atoms with Gasteiger partial charge in [-0.1, -0.05) is 18.2 Å². The minimum atomic E-state index is -1.04. The number of rotatable bonds is 6. The molecular weight excluding hydrogens is 258 g/mol. The quantitative estimate of drug-likeness (QED) is 0.843. The highest BCUT2D eigenvalue weighted by Crippen LogP contribution is 2.19. The predicted octanol–water partition coefficient (Wildman–Crippen LogP) is 2.12. The van der Waals surface area contributed by atoms with Crippen molar-refractivity contribution in [1.82, 2.24) is 0 Å². The standard InChI is InChI=1S/C15H17NO4/c1-10-4-2-3-5-14(10)19-9-12-7-6-11(20-12)8-13(16)15(17)18/h2-7,13H,8-9,16H2,1H3,(H,17,18). The van der Waals surface area contributed by atoms with Crippen molar-refractivity contribution in [2.45, 2.75) is 26.0 Å². The highest BCUT2D eigenvalue weighted by atomic mass is 16.5. The molecule has 5 nitrogen and oxygen atoms in total. The number of para-hydroxylation sites is 1. The maximum absolute atomic E-state index is 10.7. The number of aliphatic carboxylic acids is 1. The number of hydrogen-bond acceptors (Lipinski definition) is 4. The molecule has 3 N–H and O–H groups in total. The van der Waals surface area contributed by atoms with Crippen LogP contribution in [0.5, 0.6) is 5.75 Å². The van der Waals surface area contributed by atoms with Crippen LogP contribution in [0.4, 0.5) is 0 Å². The van der Waals surface area contributed by atoms with E-state index < -0.39 is 12.0 Å². The molecule has 0 fully saturated rings. The normalized spacial score (nSPS) is 12.1. The van der Waals surface area contributed by atoms with E-state index in [4.69, 9.17) is 20.0 Å². The molecule has 5 heteroatoms. The number of carbonyl (C=O) groups is 1. The smallest absolute Gasteiger partial charge is 0.320 e. The van der Waals surface area contributed by atoms with Crippen molar-refractivity contribution in [2.24, 2.45) is 5.73 Å². The number of furan rings is 1. The van der Waals surface area contributed by atoms with E-state index in [9.17, 15) is 4.79 Å². The van der Waals surface area contributed by atoms with Crippen LogP contribution in [-0.4, -0.2) is 17.1 Å².